The third-order valence-electron chi connectivity index (χ3n) is 4.80. The van der Waals surface area contributed by atoms with Gasteiger partial charge in [-0.25, -0.2) is 0 Å². The molecule has 0 bridgehead atoms. The molecule has 1 aliphatic heterocycles. The van der Waals surface area contributed by atoms with Crippen LogP contribution in [0, 0.1) is 0 Å². The third-order valence-corrected chi connectivity index (χ3v) is 4.80. The highest BCUT2D eigenvalue weighted by Crippen LogP contribution is 2.24. The number of furan rings is 1. The Bertz CT molecular complexity index is 886. The molecule has 7 nitrogen and oxygen atoms in total. The Morgan fingerprint density at radius 2 is 2.00 bits per heavy atom. The molecule has 1 fully saturated rings. The highest BCUT2D eigenvalue weighted by Gasteiger charge is 2.23. The van der Waals surface area contributed by atoms with Crippen molar-refractivity contribution in [3.8, 4) is 17.0 Å². The van der Waals surface area contributed by atoms with E-state index in [1.807, 2.05) is 35.2 Å². The number of aromatic amines is 1. The zero-order chi connectivity index (χ0) is 18.6. The van der Waals surface area contributed by atoms with Crippen LogP contribution in [0.2, 0.25) is 0 Å². The standard InChI is InChI=1S/C20H22N4O3/c1-26-16-7-5-15(6-8-16)17-14-19(22-21-17)23-9-3-10-24(12-11-23)20(25)18-4-2-13-27-18/h2,4-8,13-14H,3,9-12H2,1H3,(H,21,22). The lowest BCUT2D eigenvalue weighted by molar-refractivity contribution is 0.0735. The van der Waals surface area contributed by atoms with Gasteiger partial charge in [-0.05, 0) is 48.4 Å². The molecule has 27 heavy (non-hydrogen) atoms. The number of carbonyl (C=O) groups excluding carboxylic acids is 1. The van der Waals surface area contributed by atoms with Crippen molar-refractivity contribution in [1.82, 2.24) is 15.1 Å². The fraction of sp³-hybridized carbons (Fsp3) is 0.300. The molecule has 7 heteroatoms. The van der Waals surface area contributed by atoms with E-state index in [-0.39, 0.29) is 5.91 Å². The second-order valence-corrected chi connectivity index (χ2v) is 6.48. The third kappa shape index (κ3) is 3.67. The van der Waals surface area contributed by atoms with Gasteiger partial charge in [0.15, 0.2) is 11.6 Å². The van der Waals surface area contributed by atoms with E-state index in [2.05, 4.69) is 15.1 Å². The first kappa shape index (κ1) is 17.2. The van der Waals surface area contributed by atoms with Crippen LogP contribution < -0.4 is 9.64 Å². The van der Waals surface area contributed by atoms with Gasteiger partial charge in [-0.15, -0.1) is 0 Å². The predicted molar refractivity (Wildman–Crippen MR) is 102 cm³/mol. The average molecular weight is 366 g/mol. The number of hydrogen-bond acceptors (Lipinski definition) is 5. The topological polar surface area (TPSA) is 74.6 Å². The summed E-state index contributed by atoms with van der Waals surface area (Å²) in [4.78, 5) is 16.5. The number of H-pyrrole nitrogens is 1. The molecule has 0 saturated carbocycles. The number of ether oxygens (including phenoxy) is 1. The number of methoxy groups -OCH3 is 1. The Morgan fingerprint density at radius 1 is 1.15 bits per heavy atom. The Balaban J connectivity index is 1.43. The van der Waals surface area contributed by atoms with Gasteiger partial charge in [0, 0.05) is 32.2 Å². The monoisotopic (exact) mass is 366 g/mol. The Kier molecular flexibility index (Phi) is 4.82. The largest absolute Gasteiger partial charge is 0.497 e. The first-order valence-electron chi connectivity index (χ1n) is 9.02. The zero-order valence-electron chi connectivity index (χ0n) is 15.2. The first-order valence-corrected chi connectivity index (χ1v) is 9.02. The van der Waals surface area contributed by atoms with Gasteiger partial charge < -0.3 is 19.0 Å². The van der Waals surface area contributed by atoms with Crippen LogP contribution in [0.15, 0.2) is 53.1 Å². The smallest absolute Gasteiger partial charge is 0.289 e. The van der Waals surface area contributed by atoms with Gasteiger partial charge in [0.05, 0.1) is 19.1 Å². The fourth-order valence-electron chi connectivity index (χ4n) is 3.30. The van der Waals surface area contributed by atoms with E-state index in [9.17, 15) is 4.79 Å². The second-order valence-electron chi connectivity index (χ2n) is 6.48. The van der Waals surface area contributed by atoms with Crippen LogP contribution in [-0.2, 0) is 0 Å². The average Bonchev–Trinajstić information content (AvgIpc) is 3.36. The predicted octanol–water partition coefficient (Wildman–Crippen LogP) is 3.03. The summed E-state index contributed by atoms with van der Waals surface area (Å²) in [5.41, 5.74) is 2.01. The van der Waals surface area contributed by atoms with Gasteiger partial charge in [-0.3, -0.25) is 9.89 Å². The zero-order valence-corrected chi connectivity index (χ0v) is 15.2. The summed E-state index contributed by atoms with van der Waals surface area (Å²) >= 11 is 0. The van der Waals surface area contributed by atoms with Crippen LogP contribution in [0.1, 0.15) is 17.0 Å². The molecule has 0 aliphatic carbocycles. The number of carbonyl (C=O) groups is 1. The Morgan fingerprint density at radius 3 is 2.74 bits per heavy atom. The minimum atomic E-state index is -0.0530. The minimum Gasteiger partial charge on any atom is -0.497 e. The van der Waals surface area contributed by atoms with Crippen LogP contribution in [0.5, 0.6) is 5.75 Å². The molecule has 0 radical (unpaired) electrons. The van der Waals surface area contributed by atoms with Crippen molar-refractivity contribution in [3.05, 3.63) is 54.5 Å². The van der Waals surface area contributed by atoms with Gasteiger partial charge in [0.25, 0.3) is 5.91 Å². The Hall–Kier alpha value is -3.22. The second kappa shape index (κ2) is 7.57. The number of hydrogen-bond donors (Lipinski definition) is 1. The maximum absolute atomic E-state index is 12.5. The lowest BCUT2D eigenvalue weighted by Crippen LogP contribution is -2.35. The molecule has 1 amide bonds. The van der Waals surface area contributed by atoms with Gasteiger partial charge in [0.1, 0.15) is 5.75 Å². The van der Waals surface area contributed by atoms with Gasteiger partial charge in [0.2, 0.25) is 0 Å². The van der Waals surface area contributed by atoms with E-state index in [1.165, 1.54) is 6.26 Å². The van der Waals surface area contributed by atoms with E-state index in [4.69, 9.17) is 9.15 Å². The minimum absolute atomic E-state index is 0.0530. The summed E-state index contributed by atoms with van der Waals surface area (Å²) in [6, 6.07) is 13.4. The van der Waals surface area contributed by atoms with Crippen molar-refractivity contribution in [3.63, 3.8) is 0 Å². The molecule has 1 saturated heterocycles. The lowest BCUT2D eigenvalue weighted by Gasteiger charge is -2.21. The summed E-state index contributed by atoms with van der Waals surface area (Å²) in [5, 5.41) is 7.57. The molecule has 3 heterocycles. The number of amides is 1. The van der Waals surface area contributed by atoms with Crippen molar-refractivity contribution in [2.75, 3.05) is 38.2 Å². The molecule has 140 valence electrons. The summed E-state index contributed by atoms with van der Waals surface area (Å²) in [6.07, 6.45) is 2.42. The van der Waals surface area contributed by atoms with Gasteiger partial charge in [-0.2, -0.15) is 5.10 Å². The fourth-order valence-corrected chi connectivity index (χ4v) is 3.30. The first-order chi connectivity index (χ1) is 13.2. The van der Waals surface area contributed by atoms with E-state index in [0.717, 1.165) is 42.3 Å². The molecule has 0 spiro atoms. The van der Waals surface area contributed by atoms with Crippen molar-refractivity contribution in [2.45, 2.75) is 6.42 Å². The molecule has 0 unspecified atom stereocenters. The lowest BCUT2D eigenvalue weighted by atomic mass is 10.1. The molecular formula is C20H22N4O3. The maximum atomic E-state index is 12.5. The highest BCUT2D eigenvalue weighted by molar-refractivity contribution is 5.91. The van der Waals surface area contributed by atoms with E-state index in [1.54, 1.807) is 19.2 Å². The van der Waals surface area contributed by atoms with Crippen LogP contribution in [0.4, 0.5) is 5.82 Å². The van der Waals surface area contributed by atoms with Crippen molar-refractivity contribution in [1.29, 1.82) is 0 Å². The number of benzene rings is 1. The summed E-state index contributed by atoms with van der Waals surface area (Å²) < 4.78 is 10.4. The van der Waals surface area contributed by atoms with E-state index in [0.29, 0.717) is 18.8 Å². The molecule has 2 aromatic heterocycles. The summed E-state index contributed by atoms with van der Waals surface area (Å²) in [6.45, 7) is 2.95. The number of aromatic nitrogens is 2. The van der Waals surface area contributed by atoms with Gasteiger partial charge >= 0.3 is 0 Å². The van der Waals surface area contributed by atoms with Crippen molar-refractivity contribution >= 4 is 11.7 Å². The van der Waals surface area contributed by atoms with Crippen LogP contribution >= 0.6 is 0 Å². The molecular weight excluding hydrogens is 344 g/mol. The van der Waals surface area contributed by atoms with Crippen LogP contribution in [0.3, 0.4) is 0 Å². The molecule has 0 atom stereocenters. The SMILES string of the molecule is COc1ccc(-c2cc(N3CCCN(C(=O)c4ccco4)CC3)n[nH]2)cc1. The Labute approximate surface area is 157 Å². The van der Waals surface area contributed by atoms with E-state index >= 15 is 0 Å². The molecule has 1 aliphatic rings. The van der Waals surface area contributed by atoms with E-state index < -0.39 is 0 Å². The molecule has 1 N–H and O–H groups in total. The quantitative estimate of drug-likeness (QED) is 0.768. The maximum Gasteiger partial charge on any atom is 0.289 e. The number of nitrogens with one attached hydrogen (secondary N) is 1. The molecule has 4 rings (SSSR count). The highest BCUT2D eigenvalue weighted by atomic mass is 16.5. The number of anilines is 1. The van der Waals surface area contributed by atoms with Crippen molar-refractivity contribution in [2.24, 2.45) is 0 Å². The number of nitrogens with zero attached hydrogens (tertiary/aromatic N) is 3. The summed E-state index contributed by atoms with van der Waals surface area (Å²) in [7, 11) is 1.66. The van der Waals surface area contributed by atoms with Crippen molar-refractivity contribution < 1.29 is 13.9 Å². The van der Waals surface area contributed by atoms with Crippen LogP contribution in [0.25, 0.3) is 11.3 Å². The van der Waals surface area contributed by atoms with Crippen LogP contribution in [-0.4, -0.2) is 54.3 Å². The van der Waals surface area contributed by atoms with Gasteiger partial charge in [-0.1, -0.05) is 0 Å². The normalized spacial score (nSPS) is 14.9. The summed E-state index contributed by atoms with van der Waals surface area (Å²) in [5.74, 6) is 2.06. The number of rotatable bonds is 4. The molecule has 3 aromatic rings. The molecule has 1 aromatic carbocycles.